The molecule has 4 heterocycles. The summed E-state index contributed by atoms with van der Waals surface area (Å²) in [6, 6.07) is 14.7. The molecule has 0 saturated carbocycles. The molecule has 2 bridgehead atoms. The van der Waals surface area contributed by atoms with E-state index in [0.717, 1.165) is 32.6 Å². The van der Waals surface area contributed by atoms with Gasteiger partial charge in [0.15, 0.2) is 0 Å². The van der Waals surface area contributed by atoms with Gasteiger partial charge in [-0.15, -0.1) is 11.8 Å². The maximum absolute atomic E-state index is 12.9. The summed E-state index contributed by atoms with van der Waals surface area (Å²) in [6.45, 7) is 3.96. The standard InChI is InChI=1S/C21H25N3OS/c25-21(16-26-20-4-2-1-3-5-20)24-14-18-6-7-19(24)15-23(13-18)12-17-8-10-22-11-9-17/h1-5,8-11,18-19H,6-7,12-16H2/t18-,19+/m1/s1. The molecule has 5 rings (SSSR count). The van der Waals surface area contributed by atoms with E-state index >= 15 is 0 Å². The maximum Gasteiger partial charge on any atom is 0.233 e. The molecule has 1 aromatic heterocycles. The summed E-state index contributed by atoms with van der Waals surface area (Å²) in [5, 5.41) is 0. The number of aromatic nitrogens is 1. The predicted octanol–water partition coefficient (Wildman–Crippen LogP) is 3.30. The van der Waals surface area contributed by atoms with Crippen molar-refractivity contribution in [3.05, 3.63) is 60.4 Å². The van der Waals surface area contributed by atoms with Gasteiger partial charge in [0.05, 0.1) is 5.75 Å². The number of rotatable bonds is 5. The molecule has 1 aromatic carbocycles. The monoisotopic (exact) mass is 367 g/mol. The number of benzene rings is 1. The molecule has 26 heavy (non-hydrogen) atoms. The van der Waals surface area contributed by atoms with Gasteiger partial charge < -0.3 is 4.90 Å². The van der Waals surface area contributed by atoms with E-state index in [4.69, 9.17) is 0 Å². The van der Waals surface area contributed by atoms with Crippen molar-refractivity contribution in [1.82, 2.24) is 14.8 Å². The van der Waals surface area contributed by atoms with Crippen molar-refractivity contribution < 1.29 is 4.79 Å². The zero-order chi connectivity index (χ0) is 17.8. The minimum atomic E-state index is 0.291. The predicted molar refractivity (Wildman–Crippen MR) is 105 cm³/mol. The van der Waals surface area contributed by atoms with E-state index in [0.29, 0.717) is 23.6 Å². The number of hydrogen-bond acceptors (Lipinski definition) is 4. The van der Waals surface area contributed by atoms with Crippen molar-refractivity contribution in [3.63, 3.8) is 0 Å². The van der Waals surface area contributed by atoms with Crippen LogP contribution in [0.2, 0.25) is 0 Å². The second-order valence-electron chi connectivity index (χ2n) is 7.29. The Bertz CT molecular complexity index is 725. The number of carbonyl (C=O) groups excluding carboxylic acids is 1. The van der Waals surface area contributed by atoms with Gasteiger partial charge in [-0.1, -0.05) is 18.2 Å². The van der Waals surface area contributed by atoms with Gasteiger partial charge in [-0.2, -0.15) is 0 Å². The normalized spacial score (nSPS) is 23.0. The first-order chi connectivity index (χ1) is 12.8. The van der Waals surface area contributed by atoms with E-state index in [-0.39, 0.29) is 0 Å². The van der Waals surface area contributed by atoms with Crippen LogP contribution < -0.4 is 0 Å². The fourth-order valence-electron chi connectivity index (χ4n) is 4.10. The van der Waals surface area contributed by atoms with Crippen molar-refractivity contribution in [2.24, 2.45) is 5.92 Å². The minimum absolute atomic E-state index is 0.291. The Labute approximate surface area is 159 Å². The van der Waals surface area contributed by atoms with E-state index in [1.54, 1.807) is 11.8 Å². The first-order valence-corrected chi connectivity index (χ1v) is 10.3. The molecule has 4 nitrogen and oxygen atoms in total. The first-order valence-electron chi connectivity index (χ1n) is 9.36. The third kappa shape index (κ3) is 4.27. The quantitative estimate of drug-likeness (QED) is 0.760. The molecule has 3 saturated heterocycles. The molecule has 0 N–H and O–H groups in total. The maximum atomic E-state index is 12.9. The second kappa shape index (κ2) is 8.23. The number of hydrogen-bond donors (Lipinski definition) is 0. The molecule has 3 aliphatic heterocycles. The smallest absolute Gasteiger partial charge is 0.233 e. The molecular weight excluding hydrogens is 342 g/mol. The number of nitrogens with zero attached hydrogens (tertiary/aromatic N) is 3. The lowest BCUT2D eigenvalue weighted by Crippen LogP contribution is -2.48. The zero-order valence-electron chi connectivity index (χ0n) is 15.0. The van der Waals surface area contributed by atoms with Crippen molar-refractivity contribution in [1.29, 1.82) is 0 Å². The van der Waals surface area contributed by atoms with Crippen LogP contribution in [0, 0.1) is 5.92 Å². The second-order valence-corrected chi connectivity index (χ2v) is 8.34. The van der Waals surface area contributed by atoms with E-state index in [1.807, 2.05) is 30.6 Å². The lowest BCUT2D eigenvalue weighted by atomic mass is 9.95. The summed E-state index contributed by atoms with van der Waals surface area (Å²) in [4.78, 5) is 22.8. The largest absolute Gasteiger partial charge is 0.337 e. The van der Waals surface area contributed by atoms with Gasteiger partial charge in [0.1, 0.15) is 0 Å². The third-order valence-electron chi connectivity index (χ3n) is 5.37. The van der Waals surface area contributed by atoms with Crippen molar-refractivity contribution >= 4 is 17.7 Å². The fraction of sp³-hybridized carbons (Fsp3) is 0.429. The number of pyridine rings is 1. The zero-order valence-corrected chi connectivity index (χ0v) is 15.8. The van der Waals surface area contributed by atoms with E-state index in [2.05, 4.69) is 39.0 Å². The summed E-state index contributed by atoms with van der Waals surface area (Å²) in [7, 11) is 0. The Balaban J connectivity index is 1.37. The van der Waals surface area contributed by atoms with Crippen LogP contribution in [0.1, 0.15) is 18.4 Å². The van der Waals surface area contributed by atoms with Gasteiger partial charge in [0.2, 0.25) is 5.91 Å². The van der Waals surface area contributed by atoms with Crippen LogP contribution in [-0.4, -0.2) is 52.1 Å². The van der Waals surface area contributed by atoms with Gasteiger partial charge in [-0.05, 0) is 48.6 Å². The van der Waals surface area contributed by atoms with Gasteiger partial charge in [-0.3, -0.25) is 14.7 Å². The molecule has 0 spiro atoms. The highest BCUT2D eigenvalue weighted by atomic mass is 32.2. The summed E-state index contributed by atoms with van der Waals surface area (Å²) < 4.78 is 0. The molecule has 136 valence electrons. The van der Waals surface area contributed by atoms with Crippen molar-refractivity contribution in [3.8, 4) is 0 Å². The van der Waals surface area contributed by atoms with E-state index in [9.17, 15) is 4.79 Å². The van der Waals surface area contributed by atoms with E-state index < -0.39 is 0 Å². The minimum Gasteiger partial charge on any atom is -0.337 e. The van der Waals surface area contributed by atoms with Gasteiger partial charge in [-0.25, -0.2) is 0 Å². The van der Waals surface area contributed by atoms with Gasteiger partial charge >= 0.3 is 0 Å². The Morgan fingerprint density at radius 2 is 1.85 bits per heavy atom. The van der Waals surface area contributed by atoms with Crippen molar-refractivity contribution in [2.45, 2.75) is 30.3 Å². The molecule has 2 atom stereocenters. The highest BCUT2D eigenvalue weighted by Gasteiger charge is 2.36. The van der Waals surface area contributed by atoms with Crippen LogP contribution in [0.15, 0.2) is 59.8 Å². The first kappa shape index (κ1) is 17.6. The van der Waals surface area contributed by atoms with Crippen LogP contribution in [0.4, 0.5) is 0 Å². The lowest BCUT2D eigenvalue weighted by molar-refractivity contribution is -0.132. The molecular formula is C21H25N3OS. The topological polar surface area (TPSA) is 36.4 Å². The Morgan fingerprint density at radius 3 is 2.65 bits per heavy atom. The van der Waals surface area contributed by atoms with Crippen LogP contribution >= 0.6 is 11.8 Å². The highest BCUT2D eigenvalue weighted by Crippen LogP contribution is 2.30. The molecule has 3 aliphatic rings. The summed E-state index contributed by atoms with van der Waals surface area (Å²) in [6.07, 6.45) is 6.10. The van der Waals surface area contributed by atoms with Crippen LogP contribution in [-0.2, 0) is 11.3 Å². The van der Waals surface area contributed by atoms with Crippen LogP contribution in [0.25, 0.3) is 0 Å². The van der Waals surface area contributed by atoms with Crippen LogP contribution in [0.5, 0.6) is 0 Å². The van der Waals surface area contributed by atoms with E-state index in [1.165, 1.54) is 16.9 Å². The van der Waals surface area contributed by atoms with Gasteiger partial charge in [0, 0.05) is 49.5 Å². The summed E-state index contributed by atoms with van der Waals surface area (Å²) in [5.41, 5.74) is 1.30. The molecule has 1 amide bonds. The number of fused-ring (bicyclic) bond motifs is 4. The Hall–Kier alpha value is -1.85. The lowest BCUT2D eigenvalue weighted by Gasteiger charge is -2.36. The molecule has 0 aliphatic carbocycles. The number of carbonyl (C=O) groups is 1. The van der Waals surface area contributed by atoms with Gasteiger partial charge in [0.25, 0.3) is 0 Å². The molecule has 0 unspecified atom stereocenters. The summed E-state index contributed by atoms with van der Waals surface area (Å²) >= 11 is 1.65. The highest BCUT2D eigenvalue weighted by molar-refractivity contribution is 8.00. The van der Waals surface area contributed by atoms with Crippen molar-refractivity contribution in [2.75, 3.05) is 25.4 Å². The molecule has 0 radical (unpaired) electrons. The Kier molecular flexibility index (Phi) is 5.56. The molecule has 5 heteroatoms. The third-order valence-corrected chi connectivity index (χ3v) is 6.37. The SMILES string of the molecule is O=C(CSc1ccccc1)N1C[C@@H]2CC[C@H]1CN(Cc1ccncc1)C2. The number of amides is 1. The molecule has 3 fully saturated rings. The average Bonchev–Trinajstić information content (AvgIpc) is 2.98. The number of piperidine rings is 1. The fourth-order valence-corrected chi connectivity index (χ4v) is 4.91. The molecule has 2 aromatic rings. The Morgan fingerprint density at radius 1 is 1.04 bits per heavy atom. The number of thioether (sulfide) groups is 1. The average molecular weight is 368 g/mol. The summed E-state index contributed by atoms with van der Waals surface area (Å²) in [5.74, 6) is 1.43. The van der Waals surface area contributed by atoms with Crippen LogP contribution in [0.3, 0.4) is 0 Å².